The molecule has 4 aromatic carbocycles. The molecular formula is C29H23NO4. The molecule has 0 spiro atoms. The number of methoxy groups -OCH3 is 1. The van der Waals surface area contributed by atoms with E-state index in [-0.39, 0.29) is 12.2 Å². The number of nitrogens with zero attached hydrogens (tertiary/aromatic N) is 1. The molecule has 0 N–H and O–H groups in total. The number of ether oxygens (including phenoxy) is 2. The largest absolute Gasteiger partial charge is 0.489 e. The molecule has 5 heteroatoms. The molecule has 0 saturated heterocycles. The van der Waals surface area contributed by atoms with Crippen molar-refractivity contribution >= 4 is 22.5 Å². The van der Waals surface area contributed by atoms with Crippen LogP contribution in [-0.2, 0) is 22.6 Å². The van der Waals surface area contributed by atoms with Crippen LogP contribution in [-0.4, -0.2) is 18.9 Å². The van der Waals surface area contributed by atoms with Gasteiger partial charge in [-0.3, -0.25) is 9.59 Å². The zero-order chi connectivity index (χ0) is 23.9. The molecule has 0 heterocycles. The molecule has 4 aromatic rings. The first-order valence-corrected chi connectivity index (χ1v) is 10.9. The predicted molar refractivity (Wildman–Crippen MR) is 129 cm³/mol. The van der Waals surface area contributed by atoms with Crippen molar-refractivity contribution in [3.8, 4) is 11.8 Å². The predicted octanol–water partition coefficient (Wildman–Crippen LogP) is 5.51. The van der Waals surface area contributed by atoms with Gasteiger partial charge in [0.25, 0.3) is 0 Å². The highest BCUT2D eigenvalue weighted by molar-refractivity contribution is 6.08. The molecule has 0 aromatic heterocycles. The number of nitriles is 1. The molecule has 0 bridgehead atoms. The van der Waals surface area contributed by atoms with Crippen molar-refractivity contribution in [2.45, 2.75) is 13.0 Å². The molecule has 0 fully saturated rings. The van der Waals surface area contributed by atoms with Crippen molar-refractivity contribution in [2.75, 3.05) is 7.11 Å². The molecule has 0 aliphatic rings. The number of esters is 1. The first-order chi connectivity index (χ1) is 16.6. The van der Waals surface area contributed by atoms with Crippen molar-refractivity contribution in [1.29, 1.82) is 5.26 Å². The van der Waals surface area contributed by atoms with Crippen LogP contribution in [0.25, 0.3) is 10.8 Å². The fourth-order valence-corrected chi connectivity index (χ4v) is 3.80. The summed E-state index contributed by atoms with van der Waals surface area (Å²) in [5.41, 5.74) is 2.96. The van der Waals surface area contributed by atoms with E-state index in [4.69, 9.17) is 14.7 Å². The summed E-state index contributed by atoms with van der Waals surface area (Å²) in [5.74, 6) is -0.962. The van der Waals surface area contributed by atoms with Gasteiger partial charge in [0.05, 0.1) is 18.7 Å². The lowest BCUT2D eigenvalue weighted by Gasteiger charge is -2.14. The number of carbonyl (C=O) groups is 2. The van der Waals surface area contributed by atoms with Gasteiger partial charge in [0.1, 0.15) is 18.3 Å². The Morgan fingerprint density at radius 2 is 1.53 bits per heavy atom. The fraction of sp³-hybridized carbons (Fsp3) is 0.138. The van der Waals surface area contributed by atoms with Crippen molar-refractivity contribution in [2.24, 2.45) is 5.92 Å². The highest BCUT2D eigenvalue weighted by Crippen LogP contribution is 2.25. The topological polar surface area (TPSA) is 76.4 Å². The normalized spacial score (nSPS) is 11.4. The van der Waals surface area contributed by atoms with E-state index in [1.54, 1.807) is 36.4 Å². The van der Waals surface area contributed by atoms with Crippen molar-refractivity contribution in [3.63, 3.8) is 0 Å². The van der Waals surface area contributed by atoms with Gasteiger partial charge >= 0.3 is 5.97 Å². The summed E-state index contributed by atoms with van der Waals surface area (Å²) in [7, 11) is 1.30. The molecular weight excluding hydrogens is 426 g/mol. The summed E-state index contributed by atoms with van der Waals surface area (Å²) >= 11 is 0. The van der Waals surface area contributed by atoms with Gasteiger partial charge in [-0.15, -0.1) is 0 Å². The van der Waals surface area contributed by atoms with E-state index in [1.165, 1.54) is 7.11 Å². The average Bonchev–Trinajstić information content (AvgIpc) is 2.90. The van der Waals surface area contributed by atoms with Gasteiger partial charge in [-0.05, 0) is 52.6 Å². The van der Waals surface area contributed by atoms with E-state index < -0.39 is 11.9 Å². The summed E-state index contributed by atoms with van der Waals surface area (Å²) in [6.45, 7) is 0.401. The van der Waals surface area contributed by atoms with Gasteiger partial charge in [0.2, 0.25) is 0 Å². The van der Waals surface area contributed by atoms with E-state index in [1.807, 2.05) is 54.6 Å². The van der Waals surface area contributed by atoms with Crippen LogP contribution in [0.3, 0.4) is 0 Å². The van der Waals surface area contributed by atoms with Crippen LogP contribution in [0.4, 0.5) is 0 Å². The highest BCUT2D eigenvalue weighted by atomic mass is 16.5. The summed E-state index contributed by atoms with van der Waals surface area (Å²) in [5, 5.41) is 10.9. The first kappa shape index (κ1) is 22.8. The highest BCUT2D eigenvalue weighted by Gasteiger charge is 2.28. The van der Waals surface area contributed by atoms with Crippen molar-refractivity contribution in [3.05, 3.63) is 113 Å². The van der Waals surface area contributed by atoms with Crippen LogP contribution >= 0.6 is 0 Å². The molecule has 0 radical (unpaired) electrons. The molecule has 168 valence electrons. The lowest BCUT2D eigenvalue weighted by molar-refractivity contribution is -0.143. The van der Waals surface area contributed by atoms with Crippen molar-refractivity contribution < 1.29 is 19.1 Å². The smallest absolute Gasteiger partial charge is 0.316 e. The summed E-state index contributed by atoms with van der Waals surface area (Å²) < 4.78 is 10.8. The van der Waals surface area contributed by atoms with Gasteiger partial charge in [0.15, 0.2) is 5.78 Å². The second-order valence-corrected chi connectivity index (χ2v) is 7.95. The van der Waals surface area contributed by atoms with Gasteiger partial charge in [-0.25, -0.2) is 0 Å². The third-order valence-electron chi connectivity index (χ3n) is 5.66. The van der Waals surface area contributed by atoms with Crippen LogP contribution in [0.5, 0.6) is 5.75 Å². The lowest BCUT2D eigenvalue weighted by Crippen LogP contribution is -2.27. The molecule has 0 saturated carbocycles. The summed E-state index contributed by atoms with van der Waals surface area (Å²) in [4.78, 5) is 25.3. The standard InChI is InChI=1S/C29H23NO4/c1-33-29(32)27(28(31)23-5-3-2-4-6-23)16-22-11-12-25-17-26(14-13-24(25)15-22)34-19-21-9-7-20(18-30)8-10-21/h2-15,17,27H,16,19H2,1H3. The van der Waals surface area contributed by atoms with Crippen LogP contribution in [0, 0.1) is 17.2 Å². The minimum Gasteiger partial charge on any atom is -0.489 e. The molecule has 0 aliphatic heterocycles. The maximum Gasteiger partial charge on any atom is 0.316 e. The Bertz CT molecular complexity index is 1350. The van der Waals surface area contributed by atoms with Gasteiger partial charge in [0, 0.05) is 5.56 Å². The van der Waals surface area contributed by atoms with Crippen molar-refractivity contribution in [1.82, 2.24) is 0 Å². The quantitative estimate of drug-likeness (QED) is 0.202. The number of hydrogen-bond acceptors (Lipinski definition) is 5. The number of benzene rings is 4. The fourth-order valence-electron chi connectivity index (χ4n) is 3.80. The van der Waals surface area contributed by atoms with Crippen LogP contribution in [0.15, 0.2) is 91.0 Å². The van der Waals surface area contributed by atoms with Gasteiger partial charge in [-0.1, -0.05) is 66.7 Å². The zero-order valence-corrected chi connectivity index (χ0v) is 18.7. The average molecular weight is 450 g/mol. The summed E-state index contributed by atoms with van der Waals surface area (Å²) in [6, 6.07) is 29.8. The monoisotopic (exact) mass is 449 g/mol. The molecule has 1 unspecified atom stereocenters. The van der Waals surface area contributed by atoms with Gasteiger partial charge in [-0.2, -0.15) is 5.26 Å². The Kier molecular flexibility index (Phi) is 7.00. The molecule has 1 atom stereocenters. The Morgan fingerprint density at radius 3 is 2.24 bits per heavy atom. The second-order valence-electron chi connectivity index (χ2n) is 7.95. The SMILES string of the molecule is COC(=O)C(Cc1ccc2cc(OCc3ccc(C#N)cc3)ccc2c1)C(=O)c1ccccc1. The number of fused-ring (bicyclic) bond motifs is 1. The molecule has 4 rings (SSSR count). The Balaban J connectivity index is 1.49. The summed E-state index contributed by atoms with van der Waals surface area (Å²) in [6.07, 6.45) is 0.257. The van der Waals surface area contributed by atoms with Crippen LogP contribution < -0.4 is 4.74 Å². The minimum atomic E-state index is -0.903. The lowest BCUT2D eigenvalue weighted by atomic mass is 9.90. The molecule has 0 aliphatic carbocycles. The third kappa shape index (κ3) is 5.31. The zero-order valence-electron chi connectivity index (χ0n) is 18.7. The number of rotatable bonds is 8. The first-order valence-electron chi connectivity index (χ1n) is 10.9. The number of hydrogen-bond donors (Lipinski definition) is 0. The van der Waals surface area contributed by atoms with E-state index in [9.17, 15) is 9.59 Å². The minimum absolute atomic E-state index is 0.251. The number of carbonyl (C=O) groups excluding carboxylic acids is 2. The maximum absolute atomic E-state index is 12.9. The number of ketones is 1. The maximum atomic E-state index is 12.9. The van der Waals surface area contributed by atoms with E-state index >= 15 is 0 Å². The Hall–Kier alpha value is -4.43. The Labute approximate surface area is 198 Å². The molecule has 34 heavy (non-hydrogen) atoms. The number of Topliss-reactive ketones (excluding diaryl/α,β-unsaturated/α-hetero) is 1. The van der Waals surface area contributed by atoms with Crippen LogP contribution in [0.1, 0.15) is 27.0 Å². The van der Waals surface area contributed by atoms with E-state index in [0.29, 0.717) is 17.7 Å². The van der Waals surface area contributed by atoms with E-state index in [2.05, 4.69) is 6.07 Å². The Morgan fingerprint density at radius 1 is 0.853 bits per heavy atom. The van der Waals surface area contributed by atoms with E-state index in [0.717, 1.165) is 27.6 Å². The van der Waals surface area contributed by atoms with Crippen LogP contribution in [0.2, 0.25) is 0 Å². The third-order valence-corrected chi connectivity index (χ3v) is 5.66. The molecule has 0 amide bonds. The van der Waals surface area contributed by atoms with Gasteiger partial charge < -0.3 is 9.47 Å². The second kappa shape index (κ2) is 10.5. The molecule has 5 nitrogen and oxygen atoms in total.